The number of benzene rings is 1. The highest BCUT2D eigenvalue weighted by molar-refractivity contribution is 7.80. The molecule has 0 atom stereocenters. The van der Waals surface area contributed by atoms with E-state index < -0.39 is 0 Å². The zero-order valence-corrected chi connectivity index (χ0v) is 13.1. The van der Waals surface area contributed by atoms with E-state index in [-0.39, 0.29) is 0 Å². The van der Waals surface area contributed by atoms with Crippen LogP contribution in [0.2, 0.25) is 0 Å². The Morgan fingerprint density at radius 2 is 1.78 bits per heavy atom. The molecule has 5 nitrogen and oxygen atoms in total. The highest BCUT2D eigenvalue weighted by Gasteiger charge is 2.07. The number of anilines is 2. The van der Waals surface area contributed by atoms with E-state index in [0.717, 1.165) is 17.8 Å². The lowest BCUT2D eigenvalue weighted by atomic mass is 10.1. The molecule has 3 aromatic rings. The summed E-state index contributed by atoms with van der Waals surface area (Å²) in [5, 5.41) is 6.54. The van der Waals surface area contributed by atoms with E-state index in [2.05, 4.69) is 37.7 Å². The van der Waals surface area contributed by atoms with Crippen LogP contribution in [0.15, 0.2) is 67.3 Å². The summed E-state index contributed by atoms with van der Waals surface area (Å²) in [5.41, 5.74) is 2.29. The van der Waals surface area contributed by atoms with E-state index in [1.54, 1.807) is 24.8 Å². The van der Waals surface area contributed by atoms with Crippen LogP contribution in [0.1, 0.15) is 11.1 Å². The fourth-order valence-electron chi connectivity index (χ4n) is 2.13. The molecule has 0 radical (unpaired) electrons. The second-order valence-corrected chi connectivity index (χ2v) is 5.25. The third-order valence-electron chi connectivity index (χ3n) is 3.17. The van der Waals surface area contributed by atoms with E-state index in [1.165, 1.54) is 5.56 Å². The predicted molar refractivity (Wildman–Crippen MR) is 95.4 cm³/mol. The van der Waals surface area contributed by atoms with Crippen LogP contribution in [0.25, 0.3) is 0 Å². The van der Waals surface area contributed by atoms with Crippen LogP contribution in [0, 0.1) is 0 Å². The lowest BCUT2D eigenvalue weighted by molar-refractivity contribution is 1.15. The first-order valence-electron chi connectivity index (χ1n) is 7.13. The van der Waals surface area contributed by atoms with Crippen molar-refractivity contribution in [3.63, 3.8) is 0 Å². The van der Waals surface area contributed by atoms with Crippen molar-refractivity contribution in [1.29, 1.82) is 0 Å². The van der Waals surface area contributed by atoms with Gasteiger partial charge in [0.2, 0.25) is 0 Å². The second kappa shape index (κ2) is 7.42. The van der Waals surface area contributed by atoms with Gasteiger partial charge in [-0.3, -0.25) is 4.98 Å². The van der Waals surface area contributed by atoms with Crippen LogP contribution in [-0.2, 0) is 6.42 Å². The van der Waals surface area contributed by atoms with Gasteiger partial charge in [-0.2, -0.15) is 0 Å². The Hall–Kier alpha value is -2.86. The highest BCUT2D eigenvalue weighted by Crippen LogP contribution is 2.16. The molecule has 0 amide bonds. The van der Waals surface area contributed by atoms with Gasteiger partial charge < -0.3 is 10.6 Å². The smallest absolute Gasteiger partial charge is 0.177 e. The highest BCUT2D eigenvalue weighted by atomic mass is 32.1. The van der Waals surface area contributed by atoms with E-state index in [0.29, 0.717) is 10.9 Å². The monoisotopic (exact) mass is 321 g/mol. The van der Waals surface area contributed by atoms with E-state index in [1.807, 2.05) is 30.3 Å². The minimum absolute atomic E-state index is 0.429. The second-order valence-electron chi connectivity index (χ2n) is 4.84. The molecule has 0 bridgehead atoms. The van der Waals surface area contributed by atoms with Crippen molar-refractivity contribution in [2.24, 2.45) is 0 Å². The first-order valence-corrected chi connectivity index (χ1v) is 7.54. The van der Waals surface area contributed by atoms with Crippen molar-refractivity contribution in [1.82, 2.24) is 15.0 Å². The van der Waals surface area contributed by atoms with Crippen molar-refractivity contribution < 1.29 is 0 Å². The maximum absolute atomic E-state index is 5.31. The summed E-state index contributed by atoms with van der Waals surface area (Å²) < 4.78 is 0. The molecule has 0 saturated heterocycles. The Bertz CT molecular complexity index is 777. The number of nitrogens with zero attached hydrogens (tertiary/aromatic N) is 3. The molecule has 0 saturated carbocycles. The van der Waals surface area contributed by atoms with Gasteiger partial charge in [-0.05, 0) is 29.4 Å². The maximum Gasteiger partial charge on any atom is 0.177 e. The van der Waals surface area contributed by atoms with Gasteiger partial charge in [0.05, 0.1) is 6.20 Å². The molecule has 1 aromatic carbocycles. The Morgan fingerprint density at radius 3 is 2.57 bits per heavy atom. The molecule has 0 unspecified atom stereocenters. The van der Waals surface area contributed by atoms with Crippen LogP contribution in [0.4, 0.5) is 11.6 Å². The SMILES string of the molecule is S=C(Nc1cnccn1)Nc1ncccc1Cc1ccccc1. The maximum atomic E-state index is 5.31. The molecule has 114 valence electrons. The minimum atomic E-state index is 0.429. The molecular formula is C17H15N5S. The lowest BCUT2D eigenvalue weighted by Crippen LogP contribution is -2.21. The topological polar surface area (TPSA) is 62.7 Å². The molecule has 2 heterocycles. The predicted octanol–water partition coefficient (Wildman–Crippen LogP) is 3.27. The van der Waals surface area contributed by atoms with Crippen molar-refractivity contribution in [3.8, 4) is 0 Å². The molecule has 0 aliphatic carbocycles. The number of thiocarbonyl (C=S) groups is 1. The molecule has 23 heavy (non-hydrogen) atoms. The van der Waals surface area contributed by atoms with Gasteiger partial charge in [-0.1, -0.05) is 36.4 Å². The molecule has 0 aliphatic heterocycles. The standard InChI is InChI=1S/C17H15N5S/c23-17(21-15-12-18-9-10-19-15)22-16-14(7-4-8-20-16)11-13-5-2-1-3-6-13/h1-10,12H,11H2,(H2,19,20,21,22,23). The van der Waals surface area contributed by atoms with Crippen molar-refractivity contribution >= 4 is 29.0 Å². The average Bonchev–Trinajstić information content (AvgIpc) is 2.58. The van der Waals surface area contributed by atoms with E-state index in [4.69, 9.17) is 12.2 Å². The number of hydrogen-bond donors (Lipinski definition) is 2. The van der Waals surface area contributed by atoms with Crippen LogP contribution in [0.5, 0.6) is 0 Å². The van der Waals surface area contributed by atoms with Gasteiger partial charge in [-0.15, -0.1) is 0 Å². The van der Waals surface area contributed by atoms with Crippen LogP contribution >= 0.6 is 12.2 Å². The third kappa shape index (κ3) is 4.31. The Labute approximate surface area is 139 Å². The Morgan fingerprint density at radius 1 is 0.913 bits per heavy atom. The molecule has 2 aromatic heterocycles. The number of pyridine rings is 1. The number of hydrogen-bond acceptors (Lipinski definition) is 4. The molecule has 0 aliphatic rings. The third-order valence-corrected chi connectivity index (χ3v) is 3.37. The Kier molecular flexibility index (Phi) is 4.85. The van der Waals surface area contributed by atoms with Gasteiger partial charge in [0.15, 0.2) is 10.9 Å². The van der Waals surface area contributed by atoms with Gasteiger partial charge in [0, 0.05) is 25.0 Å². The quantitative estimate of drug-likeness (QED) is 0.719. The molecule has 3 rings (SSSR count). The van der Waals surface area contributed by atoms with E-state index >= 15 is 0 Å². The number of aromatic nitrogens is 3. The molecule has 0 spiro atoms. The molecular weight excluding hydrogens is 306 g/mol. The average molecular weight is 321 g/mol. The van der Waals surface area contributed by atoms with Crippen LogP contribution in [0.3, 0.4) is 0 Å². The molecule has 6 heteroatoms. The van der Waals surface area contributed by atoms with Crippen LogP contribution < -0.4 is 10.6 Å². The Balaban J connectivity index is 1.71. The summed E-state index contributed by atoms with van der Waals surface area (Å²) in [6.07, 6.45) is 7.34. The molecule has 2 N–H and O–H groups in total. The minimum Gasteiger partial charge on any atom is -0.317 e. The van der Waals surface area contributed by atoms with E-state index in [9.17, 15) is 0 Å². The van der Waals surface area contributed by atoms with Gasteiger partial charge in [0.1, 0.15) is 5.82 Å². The normalized spacial score (nSPS) is 10.1. The van der Waals surface area contributed by atoms with Crippen molar-refractivity contribution in [2.45, 2.75) is 6.42 Å². The first-order chi connectivity index (χ1) is 11.3. The molecule has 0 fully saturated rings. The summed E-state index contributed by atoms with van der Waals surface area (Å²) in [7, 11) is 0. The zero-order chi connectivity index (χ0) is 15.9. The summed E-state index contributed by atoms with van der Waals surface area (Å²) in [4.78, 5) is 12.5. The fraction of sp³-hybridized carbons (Fsp3) is 0.0588. The summed E-state index contributed by atoms with van der Waals surface area (Å²) in [6.45, 7) is 0. The van der Waals surface area contributed by atoms with Crippen molar-refractivity contribution in [3.05, 3.63) is 78.4 Å². The van der Waals surface area contributed by atoms with Gasteiger partial charge >= 0.3 is 0 Å². The van der Waals surface area contributed by atoms with Crippen molar-refractivity contribution in [2.75, 3.05) is 10.6 Å². The van der Waals surface area contributed by atoms with Crippen LogP contribution in [-0.4, -0.2) is 20.1 Å². The first kappa shape index (κ1) is 15.1. The number of nitrogens with one attached hydrogen (secondary N) is 2. The number of rotatable bonds is 4. The fourth-order valence-corrected chi connectivity index (χ4v) is 2.33. The summed E-state index contributed by atoms with van der Waals surface area (Å²) in [5.74, 6) is 1.32. The summed E-state index contributed by atoms with van der Waals surface area (Å²) >= 11 is 5.31. The van der Waals surface area contributed by atoms with Gasteiger partial charge in [0.25, 0.3) is 0 Å². The largest absolute Gasteiger partial charge is 0.317 e. The zero-order valence-electron chi connectivity index (χ0n) is 12.3. The summed E-state index contributed by atoms with van der Waals surface area (Å²) in [6, 6.07) is 14.2. The lowest BCUT2D eigenvalue weighted by Gasteiger charge is -2.12. The van der Waals surface area contributed by atoms with Gasteiger partial charge in [-0.25, -0.2) is 9.97 Å².